The first-order chi connectivity index (χ1) is 7.50. The van der Waals surface area contributed by atoms with E-state index in [4.69, 9.17) is 4.74 Å². The van der Waals surface area contributed by atoms with Crippen molar-refractivity contribution < 1.29 is 13.5 Å². The molecule has 1 aliphatic heterocycles. The Morgan fingerprint density at radius 2 is 1.94 bits per heavy atom. The molecule has 1 fully saturated rings. The molecule has 0 unspecified atom stereocenters. The Hall–Kier alpha value is -0.680. The molecule has 16 heavy (non-hydrogen) atoms. The van der Waals surface area contributed by atoms with E-state index >= 15 is 0 Å². The third-order valence-corrected chi connectivity index (χ3v) is 3.06. The predicted molar refractivity (Wildman–Crippen MR) is 61.5 cm³/mol. The van der Waals surface area contributed by atoms with Gasteiger partial charge in [0.2, 0.25) is 0 Å². The third kappa shape index (κ3) is 2.35. The van der Waals surface area contributed by atoms with Gasteiger partial charge in [0.25, 0.3) is 0 Å². The normalized spacial score (nSPS) is 18.0. The van der Waals surface area contributed by atoms with Crippen molar-refractivity contribution in [1.82, 2.24) is 0 Å². The highest BCUT2D eigenvalue weighted by Crippen LogP contribution is 2.29. The van der Waals surface area contributed by atoms with Gasteiger partial charge in [-0.3, -0.25) is 0 Å². The van der Waals surface area contributed by atoms with Crippen LogP contribution in [0.5, 0.6) is 0 Å². The summed E-state index contributed by atoms with van der Waals surface area (Å²) in [5, 5.41) is 2.80. The van der Waals surface area contributed by atoms with Gasteiger partial charge < -0.3 is 10.1 Å². The van der Waals surface area contributed by atoms with Crippen LogP contribution in [0.4, 0.5) is 14.5 Å². The van der Waals surface area contributed by atoms with E-state index in [0.717, 1.165) is 0 Å². The molecular formula is C11H12BrF2NO. The van der Waals surface area contributed by atoms with Crippen molar-refractivity contribution in [2.45, 2.75) is 6.92 Å². The van der Waals surface area contributed by atoms with Crippen LogP contribution >= 0.6 is 15.9 Å². The van der Waals surface area contributed by atoms with Crippen molar-refractivity contribution in [2.24, 2.45) is 5.41 Å². The Bertz CT molecular complexity index is 384. The molecule has 1 N–H and O–H groups in total. The van der Waals surface area contributed by atoms with Crippen molar-refractivity contribution in [3.63, 3.8) is 0 Å². The fraction of sp³-hybridized carbons (Fsp3) is 0.455. The van der Waals surface area contributed by atoms with E-state index in [-0.39, 0.29) is 11.1 Å². The number of hydrogen-bond donors (Lipinski definition) is 1. The molecule has 5 heteroatoms. The lowest BCUT2D eigenvalue weighted by Gasteiger charge is -2.38. The van der Waals surface area contributed by atoms with E-state index in [0.29, 0.717) is 24.2 Å². The summed E-state index contributed by atoms with van der Waals surface area (Å²) in [5.74, 6) is -1.17. The SMILES string of the molecule is CC1(CNc2c(F)cc(Br)cc2F)COC1. The lowest BCUT2D eigenvalue weighted by Crippen LogP contribution is -2.45. The van der Waals surface area contributed by atoms with E-state index in [2.05, 4.69) is 21.2 Å². The summed E-state index contributed by atoms with van der Waals surface area (Å²) >= 11 is 3.03. The van der Waals surface area contributed by atoms with Crippen LogP contribution in [0.25, 0.3) is 0 Å². The van der Waals surface area contributed by atoms with Gasteiger partial charge in [0, 0.05) is 16.4 Å². The predicted octanol–water partition coefficient (Wildman–Crippen LogP) is 3.18. The molecule has 1 aromatic rings. The number of rotatable bonds is 3. The van der Waals surface area contributed by atoms with E-state index in [1.54, 1.807) is 0 Å². The molecule has 0 radical (unpaired) electrons. The van der Waals surface area contributed by atoms with Crippen LogP contribution < -0.4 is 5.32 Å². The molecule has 88 valence electrons. The maximum Gasteiger partial charge on any atom is 0.150 e. The van der Waals surface area contributed by atoms with Crippen LogP contribution in [0.3, 0.4) is 0 Å². The standard InChI is InChI=1S/C11H12BrF2NO/c1-11(5-16-6-11)4-15-10-8(13)2-7(12)3-9(10)14/h2-3,15H,4-6H2,1H3. The fourth-order valence-electron chi connectivity index (χ4n) is 1.57. The smallest absolute Gasteiger partial charge is 0.150 e. The Balaban J connectivity index is 2.09. The van der Waals surface area contributed by atoms with Gasteiger partial charge in [-0.2, -0.15) is 0 Å². The maximum absolute atomic E-state index is 13.4. The average molecular weight is 292 g/mol. The highest BCUT2D eigenvalue weighted by atomic mass is 79.9. The first kappa shape index (κ1) is 11.8. The highest BCUT2D eigenvalue weighted by Gasteiger charge is 2.33. The molecule has 0 aliphatic carbocycles. The van der Waals surface area contributed by atoms with Crippen molar-refractivity contribution in [2.75, 3.05) is 25.1 Å². The molecule has 2 nitrogen and oxygen atoms in total. The van der Waals surface area contributed by atoms with E-state index in [1.165, 1.54) is 12.1 Å². The minimum absolute atomic E-state index is 0.0219. The number of hydrogen-bond acceptors (Lipinski definition) is 2. The molecule has 0 bridgehead atoms. The number of anilines is 1. The lowest BCUT2D eigenvalue weighted by atomic mass is 9.88. The summed E-state index contributed by atoms with van der Waals surface area (Å²) in [6.07, 6.45) is 0. The Morgan fingerprint density at radius 1 is 1.38 bits per heavy atom. The molecule has 0 saturated carbocycles. The number of nitrogens with one attached hydrogen (secondary N) is 1. The van der Waals surface area contributed by atoms with Crippen LogP contribution in [0.2, 0.25) is 0 Å². The third-order valence-electron chi connectivity index (χ3n) is 2.60. The molecule has 0 atom stereocenters. The zero-order valence-corrected chi connectivity index (χ0v) is 10.4. The first-order valence-corrected chi connectivity index (χ1v) is 5.76. The van der Waals surface area contributed by atoms with Gasteiger partial charge in [0.15, 0.2) is 0 Å². The molecule has 1 aromatic carbocycles. The molecule has 1 saturated heterocycles. The van der Waals surface area contributed by atoms with E-state index < -0.39 is 11.6 Å². The molecule has 0 spiro atoms. The Morgan fingerprint density at radius 3 is 2.38 bits per heavy atom. The van der Waals surface area contributed by atoms with Gasteiger partial charge in [-0.15, -0.1) is 0 Å². The highest BCUT2D eigenvalue weighted by molar-refractivity contribution is 9.10. The zero-order chi connectivity index (χ0) is 11.8. The Kier molecular flexibility index (Phi) is 3.17. The number of benzene rings is 1. The number of ether oxygens (including phenoxy) is 1. The van der Waals surface area contributed by atoms with Crippen LogP contribution in [0.1, 0.15) is 6.92 Å². The maximum atomic E-state index is 13.4. The summed E-state index contributed by atoms with van der Waals surface area (Å²) < 4.78 is 32.4. The lowest BCUT2D eigenvalue weighted by molar-refractivity contribution is -0.0925. The summed E-state index contributed by atoms with van der Waals surface area (Å²) in [5.41, 5.74) is -0.0947. The second-order valence-electron chi connectivity index (χ2n) is 4.40. The molecule has 2 rings (SSSR count). The van der Waals surface area contributed by atoms with E-state index in [1.807, 2.05) is 6.92 Å². The van der Waals surface area contributed by atoms with Gasteiger partial charge in [0.05, 0.1) is 13.2 Å². The quantitative estimate of drug-likeness (QED) is 0.924. The summed E-state index contributed by atoms with van der Waals surface area (Å²) in [7, 11) is 0. The largest absolute Gasteiger partial charge is 0.380 e. The van der Waals surface area contributed by atoms with Crippen LogP contribution in [0.15, 0.2) is 16.6 Å². The molecule has 0 amide bonds. The van der Waals surface area contributed by atoms with Crippen LogP contribution in [-0.2, 0) is 4.74 Å². The van der Waals surface area contributed by atoms with Gasteiger partial charge in [-0.1, -0.05) is 22.9 Å². The van der Waals surface area contributed by atoms with Crippen LogP contribution in [0, 0.1) is 17.0 Å². The molecule has 1 heterocycles. The number of halogens is 3. The zero-order valence-electron chi connectivity index (χ0n) is 8.82. The minimum Gasteiger partial charge on any atom is -0.380 e. The van der Waals surface area contributed by atoms with Gasteiger partial charge in [0.1, 0.15) is 17.3 Å². The minimum atomic E-state index is -0.587. The Labute approximate surface area is 101 Å². The van der Waals surface area contributed by atoms with Gasteiger partial charge >= 0.3 is 0 Å². The summed E-state index contributed by atoms with van der Waals surface area (Å²) in [6, 6.07) is 2.48. The topological polar surface area (TPSA) is 21.3 Å². The van der Waals surface area contributed by atoms with Crippen molar-refractivity contribution >= 4 is 21.6 Å². The molecule has 1 aliphatic rings. The van der Waals surface area contributed by atoms with Gasteiger partial charge in [-0.25, -0.2) is 8.78 Å². The molecule has 0 aromatic heterocycles. The van der Waals surface area contributed by atoms with Crippen molar-refractivity contribution in [3.05, 3.63) is 28.2 Å². The fourth-order valence-corrected chi connectivity index (χ4v) is 1.97. The summed E-state index contributed by atoms with van der Waals surface area (Å²) in [6.45, 7) is 3.76. The van der Waals surface area contributed by atoms with Crippen molar-refractivity contribution in [3.8, 4) is 0 Å². The first-order valence-electron chi connectivity index (χ1n) is 4.96. The second-order valence-corrected chi connectivity index (χ2v) is 5.32. The average Bonchev–Trinajstić information content (AvgIpc) is 2.13. The van der Waals surface area contributed by atoms with Gasteiger partial charge in [-0.05, 0) is 12.1 Å². The van der Waals surface area contributed by atoms with E-state index in [9.17, 15) is 8.78 Å². The molecular weight excluding hydrogens is 280 g/mol. The second kappa shape index (κ2) is 4.30. The van der Waals surface area contributed by atoms with Crippen LogP contribution in [-0.4, -0.2) is 19.8 Å². The summed E-state index contributed by atoms with van der Waals surface area (Å²) in [4.78, 5) is 0. The monoisotopic (exact) mass is 291 g/mol. The van der Waals surface area contributed by atoms with Crippen molar-refractivity contribution in [1.29, 1.82) is 0 Å².